The standard InChI is InChI=1S/C17H17FO/c1-2-3-5-13-8-10-14(11-9-13)17(19)15-6-4-7-16(18)12-15/h4,6-12H,2-3,5H2,1H3. The van der Waals surface area contributed by atoms with Crippen LogP contribution in [0.5, 0.6) is 0 Å². The molecular formula is C17H17FO. The third kappa shape index (κ3) is 3.50. The Labute approximate surface area is 113 Å². The summed E-state index contributed by atoms with van der Waals surface area (Å²) in [5.41, 5.74) is 2.23. The van der Waals surface area contributed by atoms with Gasteiger partial charge in [0, 0.05) is 11.1 Å². The lowest BCUT2D eigenvalue weighted by Crippen LogP contribution is -2.01. The molecule has 0 atom stereocenters. The molecule has 2 rings (SSSR count). The summed E-state index contributed by atoms with van der Waals surface area (Å²) in [5.74, 6) is -0.521. The van der Waals surface area contributed by atoms with E-state index in [4.69, 9.17) is 0 Å². The fourth-order valence-corrected chi connectivity index (χ4v) is 2.00. The number of hydrogen-bond acceptors (Lipinski definition) is 1. The van der Waals surface area contributed by atoms with E-state index in [1.807, 2.05) is 24.3 Å². The number of rotatable bonds is 5. The minimum Gasteiger partial charge on any atom is -0.289 e. The molecule has 0 bridgehead atoms. The van der Waals surface area contributed by atoms with Crippen LogP contribution in [0.15, 0.2) is 48.5 Å². The number of hydrogen-bond donors (Lipinski definition) is 0. The van der Waals surface area contributed by atoms with Gasteiger partial charge in [0.1, 0.15) is 5.82 Å². The van der Waals surface area contributed by atoms with E-state index in [2.05, 4.69) is 6.92 Å². The minimum absolute atomic E-state index is 0.137. The maximum absolute atomic E-state index is 13.1. The molecule has 0 radical (unpaired) electrons. The number of unbranched alkanes of at least 4 members (excludes halogenated alkanes) is 1. The summed E-state index contributed by atoms with van der Waals surface area (Å²) in [6.45, 7) is 2.15. The molecule has 0 amide bonds. The lowest BCUT2D eigenvalue weighted by Gasteiger charge is -2.04. The first-order valence-corrected chi connectivity index (χ1v) is 6.60. The van der Waals surface area contributed by atoms with Crippen LogP contribution in [0, 0.1) is 5.82 Å². The number of aryl methyl sites for hydroxylation is 1. The lowest BCUT2D eigenvalue weighted by molar-refractivity contribution is 0.103. The van der Waals surface area contributed by atoms with Crippen LogP contribution in [-0.2, 0) is 6.42 Å². The van der Waals surface area contributed by atoms with Crippen molar-refractivity contribution in [2.45, 2.75) is 26.2 Å². The van der Waals surface area contributed by atoms with E-state index < -0.39 is 0 Å². The topological polar surface area (TPSA) is 17.1 Å². The van der Waals surface area contributed by atoms with Gasteiger partial charge in [-0.25, -0.2) is 4.39 Å². The molecule has 0 aliphatic heterocycles. The average Bonchev–Trinajstić information content (AvgIpc) is 2.45. The van der Waals surface area contributed by atoms with Crippen molar-refractivity contribution >= 4 is 5.78 Å². The molecule has 0 N–H and O–H groups in total. The summed E-state index contributed by atoms with van der Waals surface area (Å²) >= 11 is 0. The molecule has 0 unspecified atom stereocenters. The highest BCUT2D eigenvalue weighted by Crippen LogP contribution is 2.13. The average molecular weight is 256 g/mol. The monoisotopic (exact) mass is 256 g/mol. The molecule has 0 aliphatic rings. The van der Waals surface area contributed by atoms with E-state index in [0.717, 1.165) is 19.3 Å². The zero-order chi connectivity index (χ0) is 13.7. The van der Waals surface area contributed by atoms with Gasteiger partial charge in [-0.1, -0.05) is 49.7 Å². The molecule has 0 aliphatic carbocycles. The largest absolute Gasteiger partial charge is 0.289 e. The zero-order valence-corrected chi connectivity index (χ0v) is 11.0. The van der Waals surface area contributed by atoms with Gasteiger partial charge in [-0.05, 0) is 30.5 Å². The maximum atomic E-state index is 13.1. The molecular weight excluding hydrogens is 239 g/mol. The van der Waals surface area contributed by atoms with Crippen molar-refractivity contribution in [1.82, 2.24) is 0 Å². The van der Waals surface area contributed by atoms with E-state index in [1.165, 1.54) is 17.7 Å². The highest BCUT2D eigenvalue weighted by molar-refractivity contribution is 6.08. The number of halogens is 1. The summed E-state index contributed by atoms with van der Waals surface area (Å²) in [6.07, 6.45) is 3.34. The van der Waals surface area contributed by atoms with Crippen LogP contribution in [0.1, 0.15) is 41.3 Å². The Morgan fingerprint density at radius 3 is 2.42 bits per heavy atom. The summed E-state index contributed by atoms with van der Waals surface area (Å²) in [7, 11) is 0. The summed E-state index contributed by atoms with van der Waals surface area (Å²) in [4.78, 5) is 12.2. The van der Waals surface area contributed by atoms with Crippen molar-refractivity contribution in [3.05, 3.63) is 71.0 Å². The summed E-state index contributed by atoms with van der Waals surface area (Å²) in [5, 5.41) is 0. The van der Waals surface area contributed by atoms with Gasteiger partial charge < -0.3 is 0 Å². The van der Waals surface area contributed by atoms with Crippen molar-refractivity contribution in [2.24, 2.45) is 0 Å². The third-order valence-corrected chi connectivity index (χ3v) is 3.12. The molecule has 2 aromatic carbocycles. The molecule has 1 nitrogen and oxygen atoms in total. The Morgan fingerprint density at radius 1 is 1.05 bits per heavy atom. The Kier molecular flexibility index (Phi) is 4.45. The highest BCUT2D eigenvalue weighted by atomic mass is 19.1. The second-order valence-corrected chi connectivity index (χ2v) is 4.64. The normalized spacial score (nSPS) is 10.4. The molecule has 2 heteroatoms. The SMILES string of the molecule is CCCCc1ccc(C(=O)c2cccc(F)c2)cc1. The molecule has 98 valence electrons. The summed E-state index contributed by atoms with van der Waals surface area (Å²) in [6, 6.07) is 13.4. The van der Waals surface area contributed by atoms with Crippen LogP contribution in [0.3, 0.4) is 0 Å². The van der Waals surface area contributed by atoms with Gasteiger partial charge >= 0.3 is 0 Å². The molecule has 2 aromatic rings. The van der Waals surface area contributed by atoms with Crippen molar-refractivity contribution in [1.29, 1.82) is 0 Å². The fraction of sp³-hybridized carbons (Fsp3) is 0.235. The van der Waals surface area contributed by atoms with Gasteiger partial charge in [0.05, 0.1) is 0 Å². The molecule has 19 heavy (non-hydrogen) atoms. The second-order valence-electron chi connectivity index (χ2n) is 4.64. The van der Waals surface area contributed by atoms with Crippen LogP contribution in [0.25, 0.3) is 0 Å². The highest BCUT2D eigenvalue weighted by Gasteiger charge is 2.09. The van der Waals surface area contributed by atoms with E-state index in [0.29, 0.717) is 11.1 Å². The Hall–Kier alpha value is -1.96. The number of carbonyl (C=O) groups excluding carboxylic acids is 1. The predicted octanol–water partition coefficient (Wildman–Crippen LogP) is 4.40. The van der Waals surface area contributed by atoms with Crippen LogP contribution < -0.4 is 0 Å². The fourth-order valence-electron chi connectivity index (χ4n) is 2.00. The maximum Gasteiger partial charge on any atom is 0.193 e. The molecule has 0 saturated carbocycles. The van der Waals surface area contributed by atoms with E-state index >= 15 is 0 Å². The Morgan fingerprint density at radius 2 is 1.79 bits per heavy atom. The van der Waals surface area contributed by atoms with Gasteiger partial charge in [0.15, 0.2) is 5.78 Å². The molecule has 0 heterocycles. The van der Waals surface area contributed by atoms with E-state index in [1.54, 1.807) is 12.1 Å². The molecule has 0 fully saturated rings. The van der Waals surface area contributed by atoms with Gasteiger partial charge in [0.25, 0.3) is 0 Å². The second kappa shape index (κ2) is 6.28. The van der Waals surface area contributed by atoms with Gasteiger partial charge in [-0.2, -0.15) is 0 Å². The van der Waals surface area contributed by atoms with Crippen LogP contribution in [-0.4, -0.2) is 5.78 Å². The van der Waals surface area contributed by atoms with Crippen LogP contribution in [0.4, 0.5) is 4.39 Å². The number of ketones is 1. The van der Waals surface area contributed by atoms with Gasteiger partial charge in [-0.15, -0.1) is 0 Å². The first-order valence-electron chi connectivity index (χ1n) is 6.60. The van der Waals surface area contributed by atoms with E-state index in [9.17, 15) is 9.18 Å². The first-order chi connectivity index (χ1) is 9.20. The minimum atomic E-state index is -0.384. The van der Waals surface area contributed by atoms with Crippen LogP contribution in [0.2, 0.25) is 0 Å². The smallest absolute Gasteiger partial charge is 0.193 e. The molecule has 0 spiro atoms. The van der Waals surface area contributed by atoms with Crippen molar-refractivity contribution in [2.75, 3.05) is 0 Å². The van der Waals surface area contributed by atoms with Gasteiger partial charge in [0.2, 0.25) is 0 Å². The Bertz CT molecular complexity index is 558. The van der Waals surface area contributed by atoms with Crippen molar-refractivity contribution in [3.8, 4) is 0 Å². The van der Waals surface area contributed by atoms with Crippen molar-refractivity contribution in [3.63, 3.8) is 0 Å². The van der Waals surface area contributed by atoms with Crippen LogP contribution >= 0.6 is 0 Å². The van der Waals surface area contributed by atoms with E-state index in [-0.39, 0.29) is 11.6 Å². The zero-order valence-electron chi connectivity index (χ0n) is 11.0. The number of carbonyl (C=O) groups is 1. The predicted molar refractivity (Wildman–Crippen MR) is 74.9 cm³/mol. The molecule has 0 aromatic heterocycles. The van der Waals surface area contributed by atoms with Gasteiger partial charge in [-0.3, -0.25) is 4.79 Å². The lowest BCUT2D eigenvalue weighted by atomic mass is 10.0. The quantitative estimate of drug-likeness (QED) is 0.725. The first kappa shape index (κ1) is 13.5. The Balaban J connectivity index is 2.15. The third-order valence-electron chi connectivity index (χ3n) is 3.12. The van der Waals surface area contributed by atoms with Crippen molar-refractivity contribution < 1.29 is 9.18 Å². The molecule has 0 saturated heterocycles. The summed E-state index contributed by atoms with van der Waals surface area (Å²) < 4.78 is 13.1. The number of benzene rings is 2.